The molecular formula is C18H24ClN5O3. The van der Waals surface area contributed by atoms with Crippen molar-refractivity contribution in [1.29, 1.82) is 0 Å². The lowest BCUT2D eigenvalue weighted by molar-refractivity contribution is -0.0838. The molecule has 1 fully saturated rings. The summed E-state index contributed by atoms with van der Waals surface area (Å²) < 4.78 is 12.9. The van der Waals surface area contributed by atoms with E-state index in [1.54, 1.807) is 16.7 Å². The second-order valence-corrected chi connectivity index (χ2v) is 6.76. The van der Waals surface area contributed by atoms with Gasteiger partial charge < -0.3 is 19.7 Å². The van der Waals surface area contributed by atoms with Crippen molar-refractivity contribution in [1.82, 2.24) is 20.1 Å². The van der Waals surface area contributed by atoms with E-state index in [9.17, 15) is 4.79 Å². The number of aromatic nitrogens is 3. The Hall–Kier alpha value is -2.16. The van der Waals surface area contributed by atoms with Crippen LogP contribution in [0.5, 0.6) is 0 Å². The zero-order chi connectivity index (χ0) is 19.2. The van der Waals surface area contributed by atoms with Gasteiger partial charge in [-0.1, -0.05) is 23.7 Å². The Morgan fingerprint density at radius 3 is 2.78 bits per heavy atom. The predicted molar refractivity (Wildman–Crippen MR) is 102 cm³/mol. The number of carbonyl (C=O) groups excluding carboxylic acids is 1. The largest absolute Gasteiger partial charge is 0.376 e. The second-order valence-electron chi connectivity index (χ2n) is 6.33. The maximum absolute atomic E-state index is 12.6. The zero-order valence-electron chi connectivity index (χ0n) is 15.5. The molecule has 1 N–H and O–H groups in total. The van der Waals surface area contributed by atoms with Crippen LogP contribution in [0.1, 0.15) is 23.1 Å². The summed E-state index contributed by atoms with van der Waals surface area (Å²) in [7, 11) is 1.91. The number of hydrogen-bond donors (Lipinski definition) is 1. The molecule has 8 nitrogen and oxygen atoms in total. The fraction of sp³-hybridized carbons (Fsp3) is 0.500. The van der Waals surface area contributed by atoms with Gasteiger partial charge in [-0.2, -0.15) is 0 Å². The Balaban J connectivity index is 1.64. The monoisotopic (exact) mass is 393 g/mol. The molecule has 0 bridgehead atoms. The topological polar surface area (TPSA) is 81.5 Å². The first-order valence-electron chi connectivity index (χ1n) is 8.94. The van der Waals surface area contributed by atoms with Crippen LogP contribution in [0.3, 0.4) is 0 Å². The van der Waals surface area contributed by atoms with E-state index in [0.29, 0.717) is 50.4 Å². The third kappa shape index (κ3) is 4.97. The quantitative estimate of drug-likeness (QED) is 0.771. The number of amides is 1. The first-order chi connectivity index (χ1) is 13.1. The number of halogens is 1. The minimum Gasteiger partial charge on any atom is -0.376 e. The number of anilines is 1. The standard InChI is InChI=1S/C18H24ClN5O3/c1-3-24-16(17(25)20-10-13-4-6-14(19)7-5-13)21-22-18(24)23(2)11-15-12-26-8-9-27-15/h4-7,15H,3,8-12H2,1-2H3,(H,20,25). The first kappa shape index (κ1) is 19.6. The normalized spacial score (nSPS) is 16.9. The number of ether oxygens (including phenoxy) is 2. The van der Waals surface area contributed by atoms with Crippen molar-refractivity contribution in [3.8, 4) is 0 Å². The molecule has 1 amide bonds. The SMILES string of the molecule is CCn1c(C(=O)NCc2ccc(Cl)cc2)nnc1N(C)CC1COCCO1. The van der Waals surface area contributed by atoms with Gasteiger partial charge in [0.15, 0.2) is 0 Å². The number of nitrogens with zero attached hydrogens (tertiary/aromatic N) is 4. The Bertz CT molecular complexity index is 759. The van der Waals surface area contributed by atoms with Crippen molar-refractivity contribution in [2.24, 2.45) is 0 Å². The minimum absolute atomic E-state index is 0.0204. The number of carbonyl (C=O) groups is 1. The lowest BCUT2D eigenvalue weighted by Crippen LogP contribution is -2.39. The number of rotatable bonds is 7. The molecular weight excluding hydrogens is 370 g/mol. The molecule has 0 radical (unpaired) electrons. The Morgan fingerprint density at radius 2 is 2.11 bits per heavy atom. The average molecular weight is 394 g/mol. The summed E-state index contributed by atoms with van der Waals surface area (Å²) >= 11 is 5.88. The average Bonchev–Trinajstić information content (AvgIpc) is 3.12. The second kappa shape index (κ2) is 9.16. The molecule has 1 unspecified atom stereocenters. The van der Waals surface area contributed by atoms with Crippen LogP contribution in [0.25, 0.3) is 0 Å². The van der Waals surface area contributed by atoms with Crippen LogP contribution in [0.2, 0.25) is 5.02 Å². The van der Waals surface area contributed by atoms with Crippen molar-refractivity contribution in [2.75, 3.05) is 38.3 Å². The highest BCUT2D eigenvalue weighted by atomic mass is 35.5. The van der Waals surface area contributed by atoms with Gasteiger partial charge in [-0.05, 0) is 24.6 Å². The van der Waals surface area contributed by atoms with Gasteiger partial charge in [0.1, 0.15) is 0 Å². The molecule has 2 aromatic rings. The van der Waals surface area contributed by atoms with E-state index in [1.807, 2.05) is 31.0 Å². The molecule has 1 saturated heterocycles. The van der Waals surface area contributed by atoms with Crippen LogP contribution >= 0.6 is 11.6 Å². The summed E-state index contributed by atoms with van der Waals surface area (Å²) in [5, 5.41) is 11.8. The third-order valence-corrected chi connectivity index (χ3v) is 4.57. The molecule has 27 heavy (non-hydrogen) atoms. The smallest absolute Gasteiger partial charge is 0.289 e. The molecule has 0 aliphatic carbocycles. The molecule has 1 aliphatic rings. The summed E-state index contributed by atoms with van der Waals surface area (Å²) in [5.74, 6) is 0.647. The number of likely N-dealkylation sites (N-methyl/N-ethyl adjacent to an activating group) is 1. The third-order valence-electron chi connectivity index (χ3n) is 4.32. The van der Waals surface area contributed by atoms with Crippen LogP contribution in [-0.4, -0.2) is 60.2 Å². The summed E-state index contributed by atoms with van der Waals surface area (Å²) in [4.78, 5) is 14.5. The molecule has 9 heteroatoms. The molecule has 0 saturated carbocycles. The molecule has 1 atom stereocenters. The predicted octanol–water partition coefficient (Wildman–Crippen LogP) is 1.73. The van der Waals surface area contributed by atoms with Crippen molar-refractivity contribution in [2.45, 2.75) is 26.1 Å². The van der Waals surface area contributed by atoms with E-state index in [0.717, 1.165) is 5.56 Å². The van der Waals surface area contributed by atoms with Crippen molar-refractivity contribution in [3.05, 3.63) is 40.7 Å². The van der Waals surface area contributed by atoms with E-state index >= 15 is 0 Å². The lowest BCUT2D eigenvalue weighted by Gasteiger charge is -2.28. The van der Waals surface area contributed by atoms with E-state index < -0.39 is 0 Å². The zero-order valence-corrected chi connectivity index (χ0v) is 16.3. The van der Waals surface area contributed by atoms with Gasteiger partial charge >= 0.3 is 0 Å². The van der Waals surface area contributed by atoms with Gasteiger partial charge in [-0.3, -0.25) is 9.36 Å². The van der Waals surface area contributed by atoms with Gasteiger partial charge in [0.2, 0.25) is 11.8 Å². The van der Waals surface area contributed by atoms with Crippen LogP contribution in [0, 0.1) is 0 Å². The van der Waals surface area contributed by atoms with E-state index in [2.05, 4.69) is 15.5 Å². The molecule has 2 heterocycles. The summed E-state index contributed by atoms with van der Waals surface area (Å²) in [5.41, 5.74) is 0.960. The fourth-order valence-corrected chi connectivity index (χ4v) is 3.06. The van der Waals surface area contributed by atoms with E-state index in [4.69, 9.17) is 21.1 Å². The highest BCUT2D eigenvalue weighted by molar-refractivity contribution is 6.30. The van der Waals surface area contributed by atoms with Crippen molar-refractivity contribution < 1.29 is 14.3 Å². The van der Waals surface area contributed by atoms with Gasteiger partial charge in [0.25, 0.3) is 5.91 Å². The van der Waals surface area contributed by atoms with E-state index in [1.165, 1.54) is 0 Å². The van der Waals surface area contributed by atoms with Gasteiger partial charge in [0.05, 0.1) is 25.9 Å². The summed E-state index contributed by atoms with van der Waals surface area (Å²) in [6, 6.07) is 7.33. The Morgan fingerprint density at radius 1 is 1.33 bits per heavy atom. The molecule has 1 aromatic carbocycles. The maximum atomic E-state index is 12.6. The fourth-order valence-electron chi connectivity index (χ4n) is 2.93. The van der Waals surface area contributed by atoms with Crippen molar-refractivity contribution >= 4 is 23.5 Å². The Labute approximate surface area is 163 Å². The van der Waals surface area contributed by atoms with Crippen LogP contribution in [-0.2, 0) is 22.6 Å². The molecule has 146 valence electrons. The number of nitrogens with one attached hydrogen (secondary N) is 1. The number of benzene rings is 1. The highest BCUT2D eigenvalue weighted by Crippen LogP contribution is 2.15. The molecule has 1 aliphatic heterocycles. The van der Waals surface area contributed by atoms with E-state index in [-0.39, 0.29) is 17.8 Å². The van der Waals surface area contributed by atoms with Gasteiger partial charge in [-0.15, -0.1) is 10.2 Å². The Kier molecular flexibility index (Phi) is 6.65. The molecule has 3 rings (SSSR count). The lowest BCUT2D eigenvalue weighted by atomic mass is 10.2. The minimum atomic E-state index is -0.267. The van der Waals surface area contributed by atoms with Crippen LogP contribution < -0.4 is 10.2 Å². The van der Waals surface area contributed by atoms with Crippen molar-refractivity contribution in [3.63, 3.8) is 0 Å². The molecule has 1 aromatic heterocycles. The van der Waals surface area contributed by atoms with Crippen LogP contribution in [0.15, 0.2) is 24.3 Å². The highest BCUT2D eigenvalue weighted by Gasteiger charge is 2.23. The first-order valence-corrected chi connectivity index (χ1v) is 9.32. The summed E-state index contributed by atoms with van der Waals surface area (Å²) in [6.45, 7) is 5.32. The van der Waals surface area contributed by atoms with Gasteiger partial charge in [-0.25, -0.2) is 0 Å². The summed E-state index contributed by atoms with van der Waals surface area (Å²) in [6.07, 6.45) is -0.0204. The maximum Gasteiger partial charge on any atom is 0.289 e. The molecule has 0 spiro atoms. The number of hydrogen-bond acceptors (Lipinski definition) is 6. The van der Waals surface area contributed by atoms with Crippen LogP contribution in [0.4, 0.5) is 5.95 Å². The van der Waals surface area contributed by atoms with Gasteiger partial charge in [0, 0.05) is 31.7 Å².